The van der Waals surface area contributed by atoms with E-state index < -0.39 is 0 Å². The Morgan fingerprint density at radius 1 is 1.32 bits per heavy atom. The largest absolute Gasteiger partial charge is 0.338 e. The van der Waals surface area contributed by atoms with Crippen LogP contribution in [0.25, 0.3) is 0 Å². The minimum Gasteiger partial charge on any atom is -0.338 e. The van der Waals surface area contributed by atoms with Gasteiger partial charge in [-0.1, -0.05) is 24.3 Å². The van der Waals surface area contributed by atoms with Crippen LogP contribution in [0.1, 0.15) is 28.3 Å². The molecule has 3 heteroatoms. The molecule has 0 saturated carbocycles. The third-order valence-electron chi connectivity index (χ3n) is 3.57. The zero-order chi connectivity index (χ0) is 13.1. The molecule has 1 atom stereocenters. The first-order valence-corrected chi connectivity index (χ1v) is 6.50. The Kier molecular flexibility index (Phi) is 3.27. The summed E-state index contributed by atoms with van der Waals surface area (Å²) >= 11 is 0. The van der Waals surface area contributed by atoms with Gasteiger partial charge in [-0.3, -0.25) is 9.78 Å². The van der Waals surface area contributed by atoms with Crippen LogP contribution in [0.2, 0.25) is 0 Å². The minimum atomic E-state index is 0.0759. The van der Waals surface area contributed by atoms with Crippen LogP contribution in [0.5, 0.6) is 0 Å². The van der Waals surface area contributed by atoms with Gasteiger partial charge in [0, 0.05) is 37.0 Å². The average Bonchev–Trinajstić information content (AvgIpc) is 2.98. The molecule has 1 unspecified atom stereocenters. The van der Waals surface area contributed by atoms with Crippen LogP contribution in [-0.2, 0) is 0 Å². The van der Waals surface area contributed by atoms with Gasteiger partial charge in [-0.05, 0) is 30.2 Å². The van der Waals surface area contributed by atoms with E-state index in [1.807, 2.05) is 35.4 Å². The highest BCUT2D eigenvalue weighted by atomic mass is 16.2. The smallest absolute Gasteiger partial charge is 0.254 e. The first-order valence-electron chi connectivity index (χ1n) is 6.50. The van der Waals surface area contributed by atoms with Gasteiger partial charge in [-0.15, -0.1) is 0 Å². The molecule has 1 amide bonds. The fourth-order valence-corrected chi connectivity index (χ4v) is 2.53. The summed E-state index contributed by atoms with van der Waals surface area (Å²) in [6.07, 6.45) is 4.68. The Bertz CT molecular complexity index is 553. The zero-order valence-electron chi connectivity index (χ0n) is 10.6. The molecule has 1 radical (unpaired) electrons. The van der Waals surface area contributed by atoms with E-state index >= 15 is 0 Å². The molecule has 1 saturated heterocycles. The molecule has 1 aliphatic rings. The maximum Gasteiger partial charge on any atom is 0.254 e. The normalized spacial score (nSPS) is 18.5. The second kappa shape index (κ2) is 5.22. The second-order valence-corrected chi connectivity index (χ2v) is 4.80. The van der Waals surface area contributed by atoms with Crippen LogP contribution >= 0.6 is 0 Å². The van der Waals surface area contributed by atoms with Crippen LogP contribution in [-0.4, -0.2) is 28.9 Å². The highest BCUT2D eigenvalue weighted by Crippen LogP contribution is 2.27. The van der Waals surface area contributed by atoms with Crippen molar-refractivity contribution in [2.75, 3.05) is 13.1 Å². The molecule has 2 heterocycles. The van der Waals surface area contributed by atoms with Gasteiger partial charge in [-0.2, -0.15) is 0 Å². The van der Waals surface area contributed by atoms with E-state index in [1.54, 1.807) is 12.3 Å². The predicted octanol–water partition coefficient (Wildman–Crippen LogP) is 2.51. The van der Waals surface area contributed by atoms with E-state index in [9.17, 15) is 4.79 Å². The number of rotatable bonds is 2. The number of carbonyl (C=O) groups is 1. The number of hydrogen-bond donors (Lipinski definition) is 0. The Morgan fingerprint density at radius 3 is 3.00 bits per heavy atom. The molecule has 19 heavy (non-hydrogen) atoms. The van der Waals surface area contributed by atoms with Crippen molar-refractivity contribution in [1.82, 2.24) is 9.88 Å². The lowest BCUT2D eigenvalue weighted by atomic mass is 10.0. The molecular formula is C16H15N2O. The van der Waals surface area contributed by atoms with Crippen molar-refractivity contribution in [3.05, 3.63) is 66.0 Å². The van der Waals surface area contributed by atoms with E-state index in [1.165, 1.54) is 5.56 Å². The van der Waals surface area contributed by atoms with Crippen molar-refractivity contribution in [3.8, 4) is 0 Å². The number of carbonyl (C=O) groups excluding carboxylic acids is 1. The Morgan fingerprint density at radius 2 is 2.26 bits per heavy atom. The molecular weight excluding hydrogens is 236 g/mol. The third kappa shape index (κ3) is 2.50. The first kappa shape index (κ1) is 11.9. The Labute approximate surface area is 112 Å². The second-order valence-electron chi connectivity index (χ2n) is 4.80. The van der Waals surface area contributed by atoms with Gasteiger partial charge < -0.3 is 4.90 Å². The fraction of sp³-hybridized carbons (Fsp3) is 0.250. The molecule has 2 aromatic rings. The monoisotopic (exact) mass is 251 g/mol. The maximum atomic E-state index is 12.3. The lowest BCUT2D eigenvalue weighted by Crippen LogP contribution is -2.28. The van der Waals surface area contributed by atoms with E-state index in [2.05, 4.69) is 17.1 Å². The molecule has 0 bridgehead atoms. The number of benzene rings is 1. The molecule has 1 fully saturated rings. The number of likely N-dealkylation sites (tertiary alicyclic amines) is 1. The molecule has 1 aromatic heterocycles. The number of nitrogens with zero attached hydrogens (tertiary/aromatic N) is 2. The van der Waals surface area contributed by atoms with Crippen molar-refractivity contribution in [1.29, 1.82) is 0 Å². The van der Waals surface area contributed by atoms with E-state index in [0.717, 1.165) is 19.5 Å². The fourth-order valence-electron chi connectivity index (χ4n) is 2.53. The molecule has 3 nitrogen and oxygen atoms in total. The van der Waals surface area contributed by atoms with E-state index in [4.69, 9.17) is 0 Å². The SMILES string of the molecule is O=C(c1[c]cccc1)N1CCC(c2cccnc2)C1. The average molecular weight is 251 g/mol. The Hall–Kier alpha value is -2.16. The molecule has 0 N–H and O–H groups in total. The summed E-state index contributed by atoms with van der Waals surface area (Å²) in [5.41, 5.74) is 1.86. The van der Waals surface area contributed by atoms with Crippen molar-refractivity contribution in [3.63, 3.8) is 0 Å². The van der Waals surface area contributed by atoms with Crippen molar-refractivity contribution >= 4 is 5.91 Å². The van der Waals surface area contributed by atoms with Crippen molar-refractivity contribution in [2.45, 2.75) is 12.3 Å². The van der Waals surface area contributed by atoms with Gasteiger partial charge in [0.05, 0.1) is 0 Å². The minimum absolute atomic E-state index is 0.0759. The predicted molar refractivity (Wildman–Crippen MR) is 72.8 cm³/mol. The van der Waals surface area contributed by atoms with Gasteiger partial charge in [0.2, 0.25) is 0 Å². The van der Waals surface area contributed by atoms with Gasteiger partial charge in [0.1, 0.15) is 0 Å². The van der Waals surface area contributed by atoms with Crippen molar-refractivity contribution < 1.29 is 4.79 Å². The summed E-state index contributed by atoms with van der Waals surface area (Å²) in [4.78, 5) is 18.4. The van der Waals surface area contributed by atoms with Crippen LogP contribution in [0.3, 0.4) is 0 Å². The summed E-state index contributed by atoms with van der Waals surface area (Å²) in [6.45, 7) is 1.58. The number of pyridine rings is 1. The van der Waals surface area contributed by atoms with Gasteiger partial charge in [0.15, 0.2) is 0 Å². The zero-order valence-corrected chi connectivity index (χ0v) is 10.6. The quantitative estimate of drug-likeness (QED) is 0.821. The summed E-state index contributed by atoms with van der Waals surface area (Å²) in [5.74, 6) is 0.480. The molecule has 3 rings (SSSR count). The Balaban J connectivity index is 1.71. The summed E-state index contributed by atoms with van der Waals surface area (Å²) < 4.78 is 0. The molecule has 0 aliphatic carbocycles. The summed E-state index contributed by atoms with van der Waals surface area (Å²) in [6, 6.07) is 14.4. The third-order valence-corrected chi connectivity index (χ3v) is 3.57. The van der Waals surface area contributed by atoms with E-state index in [-0.39, 0.29) is 5.91 Å². The summed E-state index contributed by atoms with van der Waals surface area (Å²) in [7, 11) is 0. The summed E-state index contributed by atoms with van der Waals surface area (Å²) in [5, 5.41) is 0. The van der Waals surface area contributed by atoms with Crippen LogP contribution in [0.4, 0.5) is 0 Å². The van der Waals surface area contributed by atoms with Gasteiger partial charge in [-0.25, -0.2) is 0 Å². The van der Waals surface area contributed by atoms with Crippen LogP contribution < -0.4 is 0 Å². The first-order chi connectivity index (χ1) is 9.34. The number of amides is 1. The topological polar surface area (TPSA) is 33.2 Å². The maximum absolute atomic E-state index is 12.3. The lowest BCUT2D eigenvalue weighted by molar-refractivity contribution is 0.0790. The van der Waals surface area contributed by atoms with Gasteiger partial charge in [0.25, 0.3) is 5.91 Å². The number of hydrogen-bond acceptors (Lipinski definition) is 2. The highest BCUT2D eigenvalue weighted by Gasteiger charge is 2.27. The van der Waals surface area contributed by atoms with Crippen molar-refractivity contribution in [2.24, 2.45) is 0 Å². The standard InChI is InChI=1S/C16H15N2O/c19-16(13-5-2-1-3-6-13)18-10-8-15(12-18)14-7-4-9-17-11-14/h1-5,7,9,11,15H,8,10,12H2. The molecule has 0 spiro atoms. The van der Waals surface area contributed by atoms with Crippen LogP contribution in [0.15, 0.2) is 48.8 Å². The molecule has 95 valence electrons. The molecule has 1 aliphatic heterocycles. The van der Waals surface area contributed by atoms with E-state index in [0.29, 0.717) is 11.5 Å². The lowest BCUT2D eigenvalue weighted by Gasteiger charge is -2.16. The van der Waals surface area contributed by atoms with Crippen LogP contribution in [0, 0.1) is 6.07 Å². The number of aromatic nitrogens is 1. The molecule has 1 aromatic carbocycles. The van der Waals surface area contributed by atoms with Gasteiger partial charge >= 0.3 is 0 Å². The highest BCUT2D eigenvalue weighted by molar-refractivity contribution is 5.94.